The second kappa shape index (κ2) is 11.5. The van der Waals surface area contributed by atoms with E-state index in [1.165, 1.54) is 0 Å². The van der Waals surface area contributed by atoms with E-state index in [9.17, 15) is 4.79 Å². The Labute approximate surface area is 179 Å². The van der Waals surface area contributed by atoms with Gasteiger partial charge in [0.1, 0.15) is 0 Å². The number of nitrogens with zero attached hydrogens (tertiary/aromatic N) is 3. The van der Waals surface area contributed by atoms with Gasteiger partial charge in [0.25, 0.3) is 0 Å². The molecule has 0 unspecified atom stereocenters. The number of nitrogens with one attached hydrogen (secondary N) is 3. The lowest BCUT2D eigenvalue weighted by atomic mass is 9.93. The van der Waals surface area contributed by atoms with E-state index in [0.717, 1.165) is 68.5 Å². The molecule has 1 fully saturated rings. The van der Waals surface area contributed by atoms with Crippen molar-refractivity contribution in [2.24, 2.45) is 4.99 Å². The maximum atomic E-state index is 11.9. The van der Waals surface area contributed by atoms with Gasteiger partial charge in [-0.15, -0.1) is 11.3 Å². The Morgan fingerprint density at radius 3 is 2.59 bits per heavy atom. The van der Waals surface area contributed by atoms with Crippen molar-refractivity contribution < 1.29 is 4.79 Å². The van der Waals surface area contributed by atoms with Crippen molar-refractivity contribution in [3.8, 4) is 0 Å². The molecule has 1 saturated heterocycles. The number of aliphatic imine (C=N–C) groups is 1. The smallest absolute Gasteiger partial charge is 0.234 e. The summed E-state index contributed by atoms with van der Waals surface area (Å²) in [6, 6.07) is 0.392. The van der Waals surface area contributed by atoms with Crippen LogP contribution >= 0.6 is 11.3 Å². The van der Waals surface area contributed by atoms with Crippen molar-refractivity contribution in [1.82, 2.24) is 25.8 Å². The molecule has 0 radical (unpaired) electrons. The van der Waals surface area contributed by atoms with E-state index in [4.69, 9.17) is 4.98 Å². The Morgan fingerprint density at radius 1 is 1.28 bits per heavy atom. The number of piperidine rings is 1. The lowest BCUT2D eigenvalue weighted by molar-refractivity contribution is -0.122. The molecule has 2 heterocycles. The number of rotatable bonds is 8. The van der Waals surface area contributed by atoms with E-state index < -0.39 is 0 Å². The predicted molar refractivity (Wildman–Crippen MR) is 122 cm³/mol. The molecule has 164 valence electrons. The number of hydrogen-bond acceptors (Lipinski definition) is 5. The summed E-state index contributed by atoms with van der Waals surface area (Å²) in [5.74, 6) is 0.976. The van der Waals surface area contributed by atoms with Crippen LogP contribution in [-0.2, 0) is 16.6 Å². The molecule has 0 spiro atoms. The zero-order chi connectivity index (χ0) is 21.3. The molecule has 0 atom stereocenters. The summed E-state index contributed by atoms with van der Waals surface area (Å²) in [4.78, 5) is 23.2. The highest BCUT2D eigenvalue weighted by Gasteiger charge is 2.21. The number of amides is 1. The van der Waals surface area contributed by atoms with Crippen LogP contribution in [0.15, 0.2) is 10.4 Å². The molecule has 0 bridgehead atoms. The fourth-order valence-electron chi connectivity index (χ4n) is 3.20. The summed E-state index contributed by atoms with van der Waals surface area (Å²) in [6.45, 7) is 12.6. The minimum atomic E-state index is 0.102. The summed E-state index contributed by atoms with van der Waals surface area (Å²) in [7, 11) is 1.81. The Kier molecular flexibility index (Phi) is 9.36. The van der Waals surface area contributed by atoms with Crippen molar-refractivity contribution in [3.63, 3.8) is 0 Å². The molecule has 0 aliphatic carbocycles. The van der Waals surface area contributed by atoms with Gasteiger partial charge in [-0.05, 0) is 19.3 Å². The minimum Gasteiger partial charge on any atom is -0.356 e. The Balaban J connectivity index is 1.67. The van der Waals surface area contributed by atoms with Crippen LogP contribution in [0.2, 0.25) is 0 Å². The summed E-state index contributed by atoms with van der Waals surface area (Å²) in [5.41, 5.74) is 1.26. The van der Waals surface area contributed by atoms with Crippen molar-refractivity contribution >= 4 is 23.2 Å². The van der Waals surface area contributed by atoms with Crippen LogP contribution in [0.3, 0.4) is 0 Å². The number of likely N-dealkylation sites (tertiary alicyclic amines) is 1. The van der Waals surface area contributed by atoms with Gasteiger partial charge >= 0.3 is 0 Å². The van der Waals surface area contributed by atoms with Crippen LogP contribution in [0, 0.1) is 0 Å². The number of aromatic nitrogens is 1. The van der Waals surface area contributed by atoms with E-state index in [-0.39, 0.29) is 11.3 Å². The Hall–Kier alpha value is -1.67. The van der Waals surface area contributed by atoms with Gasteiger partial charge in [-0.3, -0.25) is 14.7 Å². The van der Waals surface area contributed by atoms with Gasteiger partial charge in [-0.25, -0.2) is 4.98 Å². The normalized spacial score (nSPS) is 16.7. The fourth-order valence-corrected chi connectivity index (χ4v) is 4.23. The molecule has 29 heavy (non-hydrogen) atoms. The average Bonchev–Trinajstić information content (AvgIpc) is 3.16. The molecular weight excluding hydrogens is 384 g/mol. The van der Waals surface area contributed by atoms with Crippen molar-refractivity contribution in [2.75, 3.05) is 39.8 Å². The standard InChI is InChI=1S/C21H38N6OS/c1-6-10-23-18(28)14-27-12-8-16(9-13-27)25-20(22-5)24-11-7-19-26-17(15-29-19)21(2,3)4/h15-16H,6-14H2,1-5H3,(H,23,28)(H2,22,24,25). The molecule has 0 saturated carbocycles. The molecule has 3 N–H and O–H groups in total. The lowest BCUT2D eigenvalue weighted by Gasteiger charge is -2.32. The molecular formula is C21H38N6OS. The van der Waals surface area contributed by atoms with Crippen LogP contribution in [0.5, 0.6) is 0 Å². The van der Waals surface area contributed by atoms with E-state index in [0.29, 0.717) is 12.6 Å². The summed E-state index contributed by atoms with van der Waals surface area (Å²) < 4.78 is 0. The molecule has 8 heteroatoms. The van der Waals surface area contributed by atoms with Gasteiger partial charge in [0.15, 0.2) is 5.96 Å². The van der Waals surface area contributed by atoms with E-state index in [1.807, 2.05) is 7.05 Å². The quantitative estimate of drug-likeness (QED) is 0.442. The highest BCUT2D eigenvalue weighted by atomic mass is 32.1. The first-order chi connectivity index (χ1) is 13.8. The fraction of sp³-hybridized carbons (Fsp3) is 0.762. The predicted octanol–water partition coefficient (Wildman–Crippen LogP) is 2.14. The zero-order valence-electron chi connectivity index (χ0n) is 18.7. The lowest BCUT2D eigenvalue weighted by Crippen LogP contribution is -2.50. The van der Waals surface area contributed by atoms with E-state index in [1.54, 1.807) is 11.3 Å². The van der Waals surface area contributed by atoms with Gasteiger partial charge < -0.3 is 16.0 Å². The average molecular weight is 423 g/mol. The molecule has 1 aromatic heterocycles. The van der Waals surface area contributed by atoms with Crippen molar-refractivity contribution in [3.05, 3.63) is 16.1 Å². The van der Waals surface area contributed by atoms with Gasteiger partial charge in [0.05, 0.1) is 17.2 Å². The number of carbonyl (C=O) groups is 1. The minimum absolute atomic E-state index is 0.102. The monoisotopic (exact) mass is 422 g/mol. The van der Waals surface area contributed by atoms with Crippen LogP contribution < -0.4 is 16.0 Å². The topological polar surface area (TPSA) is 81.7 Å². The third kappa shape index (κ3) is 8.30. The van der Waals surface area contributed by atoms with Crippen LogP contribution in [0.25, 0.3) is 0 Å². The molecule has 1 aliphatic heterocycles. The van der Waals surface area contributed by atoms with Crippen LogP contribution in [0.4, 0.5) is 0 Å². The highest BCUT2D eigenvalue weighted by molar-refractivity contribution is 7.09. The maximum absolute atomic E-state index is 11.9. The number of guanidine groups is 1. The Bertz CT molecular complexity index is 658. The third-order valence-corrected chi connectivity index (χ3v) is 5.95. The first-order valence-electron chi connectivity index (χ1n) is 10.7. The first kappa shape index (κ1) is 23.6. The second-order valence-corrected chi connectivity index (χ2v) is 9.61. The third-order valence-electron chi connectivity index (χ3n) is 5.04. The zero-order valence-corrected chi connectivity index (χ0v) is 19.5. The maximum Gasteiger partial charge on any atom is 0.234 e. The van der Waals surface area contributed by atoms with Gasteiger partial charge in [-0.2, -0.15) is 0 Å². The van der Waals surface area contributed by atoms with E-state index in [2.05, 4.69) is 58.9 Å². The molecule has 0 aromatic carbocycles. The first-order valence-corrected chi connectivity index (χ1v) is 11.6. The van der Waals surface area contributed by atoms with E-state index >= 15 is 0 Å². The molecule has 1 aliphatic rings. The largest absolute Gasteiger partial charge is 0.356 e. The van der Waals surface area contributed by atoms with Crippen molar-refractivity contribution in [1.29, 1.82) is 0 Å². The van der Waals surface area contributed by atoms with Crippen LogP contribution in [0.1, 0.15) is 57.7 Å². The highest BCUT2D eigenvalue weighted by Crippen LogP contribution is 2.23. The summed E-state index contributed by atoms with van der Waals surface area (Å²) >= 11 is 1.73. The molecule has 7 nitrogen and oxygen atoms in total. The molecule has 2 rings (SSSR count). The SMILES string of the molecule is CCCNC(=O)CN1CCC(NC(=NC)NCCc2nc(C(C)(C)C)cs2)CC1. The molecule has 1 aromatic rings. The van der Waals surface area contributed by atoms with Gasteiger partial charge in [0, 0.05) is 56.5 Å². The second-order valence-electron chi connectivity index (χ2n) is 8.67. The van der Waals surface area contributed by atoms with Crippen molar-refractivity contribution in [2.45, 2.75) is 64.8 Å². The number of thiazole rings is 1. The Morgan fingerprint density at radius 2 is 2.00 bits per heavy atom. The van der Waals surface area contributed by atoms with Gasteiger partial charge in [0.2, 0.25) is 5.91 Å². The number of carbonyl (C=O) groups excluding carboxylic acids is 1. The summed E-state index contributed by atoms with van der Waals surface area (Å²) in [5, 5.41) is 13.2. The van der Waals surface area contributed by atoms with Gasteiger partial charge in [-0.1, -0.05) is 27.7 Å². The summed E-state index contributed by atoms with van der Waals surface area (Å²) in [6.07, 6.45) is 3.91. The van der Waals surface area contributed by atoms with Crippen LogP contribution in [-0.4, -0.2) is 67.6 Å². The molecule has 1 amide bonds. The number of hydrogen-bond donors (Lipinski definition) is 3.